The molecular formula is C9H11BO10. The highest BCUT2D eigenvalue weighted by atomic mass is 16.8. The lowest BCUT2D eigenvalue weighted by Crippen LogP contribution is -2.41. The molecule has 1 unspecified atom stereocenters. The molecule has 0 bridgehead atoms. The average Bonchev–Trinajstić information content (AvgIpc) is 2.83. The third-order valence-electron chi connectivity index (χ3n) is 2.17. The van der Waals surface area contributed by atoms with Crippen molar-refractivity contribution in [2.45, 2.75) is 12.2 Å². The van der Waals surface area contributed by atoms with Crippen LogP contribution in [0.2, 0.25) is 0 Å². The number of carbonyl (C=O) groups is 4. The first kappa shape index (κ1) is 15.9. The van der Waals surface area contributed by atoms with Gasteiger partial charge in [0, 0.05) is 0 Å². The number of esters is 3. The van der Waals surface area contributed by atoms with Gasteiger partial charge in [0.25, 0.3) is 0 Å². The summed E-state index contributed by atoms with van der Waals surface area (Å²) < 4.78 is 27.0. The maximum Gasteiger partial charge on any atom is 0.717 e. The van der Waals surface area contributed by atoms with Crippen molar-refractivity contribution in [2.75, 3.05) is 21.3 Å². The van der Waals surface area contributed by atoms with Crippen molar-refractivity contribution in [3.63, 3.8) is 0 Å². The number of carbonyl (C=O) groups excluding carboxylic acids is 4. The summed E-state index contributed by atoms with van der Waals surface area (Å²) in [6, 6.07) is 0. The van der Waals surface area contributed by atoms with E-state index < -0.39 is 43.4 Å². The zero-order valence-electron chi connectivity index (χ0n) is 10.8. The van der Waals surface area contributed by atoms with Gasteiger partial charge < -0.3 is 28.2 Å². The summed E-state index contributed by atoms with van der Waals surface area (Å²) in [6.07, 6.45) is -3.47. The average molecular weight is 290 g/mol. The van der Waals surface area contributed by atoms with Crippen LogP contribution in [0.4, 0.5) is 0 Å². The van der Waals surface area contributed by atoms with Gasteiger partial charge in [-0.1, -0.05) is 0 Å². The number of ether oxygens (including phenoxy) is 3. The lowest BCUT2D eigenvalue weighted by Gasteiger charge is -2.13. The van der Waals surface area contributed by atoms with E-state index in [2.05, 4.69) is 18.9 Å². The van der Waals surface area contributed by atoms with Crippen molar-refractivity contribution in [1.82, 2.24) is 0 Å². The fourth-order valence-electron chi connectivity index (χ4n) is 1.20. The number of hydrogen-bond acceptors (Lipinski definition) is 10. The van der Waals surface area contributed by atoms with Crippen LogP contribution in [0.15, 0.2) is 0 Å². The second-order valence-corrected chi connectivity index (χ2v) is 3.33. The molecule has 1 atom stereocenters. The summed E-state index contributed by atoms with van der Waals surface area (Å²) in [6.45, 7) is 0. The minimum atomic E-state index is -1.82. The number of hydrogen-bond donors (Lipinski definition) is 0. The molecule has 110 valence electrons. The van der Waals surface area contributed by atoms with E-state index in [9.17, 15) is 19.2 Å². The van der Waals surface area contributed by atoms with Crippen molar-refractivity contribution >= 4 is 31.2 Å². The Balaban J connectivity index is 2.72. The fourth-order valence-corrected chi connectivity index (χ4v) is 1.20. The smallest absolute Gasteiger partial charge is 0.482 e. The molecular weight excluding hydrogens is 279 g/mol. The summed E-state index contributed by atoms with van der Waals surface area (Å²) in [5.41, 5.74) is 0. The van der Waals surface area contributed by atoms with Crippen molar-refractivity contribution in [2.24, 2.45) is 0 Å². The molecule has 0 aliphatic carbocycles. The largest absolute Gasteiger partial charge is 0.717 e. The standard InChI is InChI=1S/C9H11BO10/c1-15-6(11)4(7(12)16-2)18-10-19-5(8(13)17-3)9(14)20-10/h4-5H,1-3H3. The molecule has 1 rings (SSSR count). The quantitative estimate of drug-likeness (QED) is 0.239. The van der Waals surface area contributed by atoms with E-state index in [1.165, 1.54) is 0 Å². The van der Waals surface area contributed by atoms with Crippen molar-refractivity contribution in [3.8, 4) is 0 Å². The molecule has 0 radical (unpaired) electrons. The van der Waals surface area contributed by atoms with E-state index in [1.54, 1.807) is 0 Å². The number of rotatable bonds is 5. The van der Waals surface area contributed by atoms with Crippen LogP contribution >= 0.6 is 0 Å². The SMILES string of the molecule is COC(=O)C(OB1OC(=O)C(C(=O)OC)O1)C(=O)OC. The molecule has 1 aliphatic heterocycles. The Kier molecular flexibility index (Phi) is 5.47. The third-order valence-corrected chi connectivity index (χ3v) is 2.17. The van der Waals surface area contributed by atoms with Gasteiger partial charge in [0.15, 0.2) is 0 Å². The Morgan fingerprint density at radius 2 is 1.65 bits per heavy atom. The Bertz CT molecular complexity index is 405. The normalized spacial score (nSPS) is 17.7. The van der Waals surface area contributed by atoms with Crippen LogP contribution < -0.4 is 0 Å². The molecule has 10 nitrogen and oxygen atoms in total. The first-order valence-electron chi connectivity index (χ1n) is 5.19. The lowest BCUT2D eigenvalue weighted by molar-refractivity contribution is -0.165. The lowest BCUT2D eigenvalue weighted by atomic mass is 10.2. The van der Waals surface area contributed by atoms with Crippen molar-refractivity contribution < 1.29 is 47.4 Å². The Hall–Kier alpha value is -2.14. The highest BCUT2D eigenvalue weighted by Crippen LogP contribution is 2.15. The highest BCUT2D eigenvalue weighted by molar-refractivity contribution is 6.44. The van der Waals surface area contributed by atoms with Gasteiger partial charge in [-0.15, -0.1) is 0 Å². The van der Waals surface area contributed by atoms with Crippen LogP contribution in [-0.4, -0.2) is 64.7 Å². The Labute approximate surface area is 113 Å². The van der Waals surface area contributed by atoms with Gasteiger partial charge in [0.2, 0.25) is 12.2 Å². The Morgan fingerprint density at radius 3 is 2.10 bits per heavy atom. The van der Waals surface area contributed by atoms with Gasteiger partial charge in [0.1, 0.15) is 0 Å². The summed E-state index contributed by atoms with van der Waals surface area (Å²) in [5, 5.41) is 0. The zero-order valence-corrected chi connectivity index (χ0v) is 10.8. The predicted octanol–water partition coefficient (Wildman–Crippen LogP) is -2.18. The molecule has 1 fully saturated rings. The van der Waals surface area contributed by atoms with Gasteiger partial charge in [-0.3, -0.25) is 4.79 Å². The summed E-state index contributed by atoms with van der Waals surface area (Å²) in [4.78, 5) is 45.1. The van der Waals surface area contributed by atoms with E-state index >= 15 is 0 Å². The van der Waals surface area contributed by atoms with Crippen LogP contribution in [0.1, 0.15) is 0 Å². The molecule has 0 aromatic rings. The molecule has 0 spiro atoms. The minimum Gasteiger partial charge on any atom is -0.482 e. The molecule has 1 saturated heterocycles. The minimum absolute atomic E-state index is 1.01. The molecule has 0 aromatic heterocycles. The number of methoxy groups -OCH3 is 3. The van der Waals surface area contributed by atoms with Crippen LogP contribution in [0, 0.1) is 0 Å². The molecule has 1 heterocycles. The van der Waals surface area contributed by atoms with E-state index in [0.29, 0.717) is 0 Å². The highest BCUT2D eigenvalue weighted by Gasteiger charge is 2.50. The fraction of sp³-hybridized carbons (Fsp3) is 0.556. The van der Waals surface area contributed by atoms with E-state index in [0.717, 1.165) is 21.3 Å². The molecule has 0 N–H and O–H groups in total. The second kappa shape index (κ2) is 6.87. The molecule has 11 heteroatoms. The monoisotopic (exact) mass is 290 g/mol. The zero-order chi connectivity index (χ0) is 15.3. The van der Waals surface area contributed by atoms with Gasteiger partial charge in [-0.25, -0.2) is 14.4 Å². The molecule has 0 saturated carbocycles. The molecule has 1 aliphatic rings. The maximum atomic E-state index is 11.3. The van der Waals surface area contributed by atoms with Crippen LogP contribution in [0.25, 0.3) is 0 Å². The molecule has 0 aromatic carbocycles. The Morgan fingerprint density at radius 1 is 1.10 bits per heavy atom. The van der Waals surface area contributed by atoms with Gasteiger partial charge in [-0.05, 0) is 0 Å². The van der Waals surface area contributed by atoms with E-state index in [4.69, 9.17) is 9.31 Å². The maximum absolute atomic E-state index is 11.3. The van der Waals surface area contributed by atoms with Crippen LogP contribution in [0.5, 0.6) is 0 Å². The van der Waals surface area contributed by atoms with E-state index in [-0.39, 0.29) is 0 Å². The molecule has 0 amide bonds. The summed E-state index contributed by atoms with van der Waals surface area (Å²) in [5.74, 6) is -4.25. The van der Waals surface area contributed by atoms with Crippen molar-refractivity contribution in [1.29, 1.82) is 0 Å². The second-order valence-electron chi connectivity index (χ2n) is 3.33. The first-order chi connectivity index (χ1) is 9.44. The van der Waals surface area contributed by atoms with Crippen LogP contribution in [-0.2, 0) is 47.4 Å². The topological polar surface area (TPSA) is 124 Å². The predicted molar refractivity (Wildman–Crippen MR) is 57.6 cm³/mol. The van der Waals surface area contributed by atoms with Crippen LogP contribution in [0.3, 0.4) is 0 Å². The van der Waals surface area contributed by atoms with E-state index in [1.807, 2.05) is 0 Å². The molecule has 20 heavy (non-hydrogen) atoms. The van der Waals surface area contributed by atoms with Gasteiger partial charge >= 0.3 is 31.2 Å². The third kappa shape index (κ3) is 3.45. The first-order valence-corrected chi connectivity index (χ1v) is 5.19. The summed E-state index contributed by atoms with van der Waals surface area (Å²) in [7, 11) is 1.33. The van der Waals surface area contributed by atoms with Gasteiger partial charge in [0.05, 0.1) is 21.3 Å². The van der Waals surface area contributed by atoms with Gasteiger partial charge in [-0.2, -0.15) is 0 Å². The summed E-state index contributed by atoms with van der Waals surface area (Å²) >= 11 is 0. The van der Waals surface area contributed by atoms with Crippen molar-refractivity contribution in [3.05, 3.63) is 0 Å².